The molecule has 1 saturated carbocycles. The summed E-state index contributed by atoms with van der Waals surface area (Å²) in [5.74, 6) is 0.153. The summed E-state index contributed by atoms with van der Waals surface area (Å²) < 4.78 is 0. The number of aromatic nitrogens is 1. The molecule has 138 valence electrons. The Bertz CT molecular complexity index is 545. The third-order valence-electron chi connectivity index (χ3n) is 5.89. The largest absolute Gasteiger partial charge is 0.389 e. The Balaban J connectivity index is 1.50. The zero-order valence-corrected chi connectivity index (χ0v) is 15.3. The fourth-order valence-corrected chi connectivity index (χ4v) is 4.38. The molecule has 1 aliphatic heterocycles. The number of likely N-dealkylation sites (tertiary alicyclic amines) is 1. The maximum Gasteiger partial charge on any atom is 0.222 e. The molecule has 1 aromatic rings. The van der Waals surface area contributed by atoms with E-state index in [0.717, 1.165) is 45.2 Å². The number of nitrogens with zero attached hydrogens (tertiary/aromatic N) is 3. The first-order chi connectivity index (χ1) is 12.2. The average molecular weight is 345 g/mol. The second kappa shape index (κ2) is 8.77. The molecule has 1 aliphatic carbocycles. The molecule has 5 nitrogen and oxygen atoms in total. The van der Waals surface area contributed by atoms with E-state index >= 15 is 0 Å². The molecule has 25 heavy (non-hydrogen) atoms. The van der Waals surface area contributed by atoms with E-state index in [9.17, 15) is 9.90 Å². The average Bonchev–Trinajstić information content (AvgIpc) is 3.16. The van der Waals surface area contributed by atoms with Crippen LogP contribution in [-0.2, 0) is 11.2 Å². The van der Waals surface area contributed by atoms with Gasteiger partial charge in [-0.1, -0.05) is 0 Å². The van der Waals surface area contributed by atoms with E-state index < -0.39 is 6.10 Å². The van der Waals surface area contributed by atoms with E-state index in [2.05, 4.69) is 9.88 Å². The van der Waals surface area contributed by atoms with Gasteiger partial charge < -0.3 is 10.0 Å². The van der Waals surface area contributed by atoms with E-state index in [4.69, 9.17) is 0 Å². The first-order valence-electron chi connectivity index (χ1n) is 9.73. The summed E-state index contributed by atoms with van der Waals surface area (Å²) >= 11 is 0. The van der Waals surface area contributed by atoms with E-state index in [1.165, 1.54) is 18.4 Å². The van der Waals surface area contributed by atoms with Crippen LogP contribution in [0.5, 0.6) is 0 Å². The van der Waals surface area contributed by atoms with Crippen LogP contribution in [0.25, 0.3) is 0 Å². The minimum atomic E-state index is -0.416. The lowest BCUT2D eigenvalue weighted by molar-refractivity contribution is -0.137. The highest BCUT2D eigenvalue weighted by Gasteiger charge is 2.39. The van der Waals surface area contributed by atoms with Gasteiger partial charge in [-0.25, -0.2) is 0 Å². The van der Waals surface area contributed by atoms with Crippen LogP contribution in [0.2, 0.25) is 0 Å². The fourth-order valence-electron chi connectivity index (χ4n) is 4.38. The Morgan fingerprint density at radius 1 is 1.24 bits per heavy atom. The van der Waals surface area contributed by atoms with Gasteiger partial charge in [-0.05, 0) is 75.7 Å². The summed E-state index contributed by atoms with van der Waals surface area (Å²) in [4.78, 5) is 20.9. The monoisotopic (exact) mass is 345 g/mol. The molecule has 3 rings (SSSR count). The van der Waals surface area contributed by atoms with Crippen molar-refractivity contribution in [1.29, 1.82) is 0 Å². The van der Waals surface area contributed by atoms with Crippen molar-refractivity contribution in [3.8, 4) is 0 Å². The molecule has 2 fully saturated rings. The predicted octanol–water partition coefficient (Wildman–Crippen LogP) is 2.24. The van der Waals surface area contributed by atoms with E-state index in [1.807, 2.05) is 24.1 Å². The summed E-state index contributed by atoms with van der Waals surface area (Å²) in [6.45, 7) is 2.19. The molecule has 0 spiro atoms. The van der Waals surface area contributed by atoms with E-state index in [-0.39, 0.29) is 18.0 Å². The minimum Gasteiger partial charge on any atom is -0.389 e. The van der Waals surface area contributed by atoms with Gasteiger partial charge in [0.05, 0.1) is 12.1 Å². The molecule has 3 atom stereocenters. The number of carbonyl (C=O) groups is 1. The van der Waals surface area contributed by atoms with Crippen molar-refractivity contribution in [3.05, 3.63) is 30.1 Å². The second-order valence-electron chi connectivity index (χ2n) is 7.51. The van der Waals surface area contributed by atoms with Crippen molar-refractivity contribution in [2.75, 3.05) is 20.1 Å². The third-order valence-corrected chi connectivity index (χ3v) is 5.89. The van der Waals surface area contributed by atoms with Crippen molar-refractivity contribution in [1.82, 2.24) is 14.8 Å². The lowest BCUT2D eigenvalue weighted by Crippen LogP contribution is -2.56. The zero-order valence-electron chi connectivity index (χ0n) is 15.3. The summed E-state index contributed by atoms with van der Waals surface area (Å²) in [5, 5.41) is 10.9. The van der Waals surface area contributed by atoms with Gasteiger partial charge in [0, 0.05) is 31.9 Å². The Kier molecular flexibility index (Phi) is 6.43. The highest BCUT2D eigenvalue weighted by Crippen LogP contribution is 2.29. The topological polar surface area (TPSA) is 56.7 Å². The highest BCUT2D eigenvalue weighted by atomic mass is 16.3. The maximum absolute atomic E-state index is 12.6. The highest BCUT2D eigenvalue weighted by molar-refractivity contribution is 5.76. The molecule has 1 saturated heterocycles. The lowest BCUT2D eigenvalue weighted by atomic mass is 9.86. The molecule has 0 aromatic carbocycles. The molecular formula is C20H31N3O2. The van der Waals surface area contributed by atoms with Crippen LogP contribution in [0, 0.1) is 0 Å². The molecule has 1 amide bonds. The van der Waals surface area contributed by atoms with E-state index in [1.54, 1.807) is 12.4 Å². The maximum atomic E-state index is 12.6. The molecule has 2 heterocycles. The lowest BCUT2D eigenvalue weighted by Gasteiger charge is -2.43. The number of likely N-dealkylation sites (N-methyl/N-ethyl adjacent to an activating group) is 1. The second-order valence-corrected chi connectivity index (χ2v) is 7.51. The Morgan fingerprint density at radius 2 is 1.96 bits per heavy atom. The van der Waals surface area contributed by atoms with Crippen LogP contribution in [-0.4, -0.2) is 64.1 Å². The summed E-state index contributed by atoms with van der Waals surface area (Å²) in [7, 11) is 1.87. The number of amides is 1. The van der Waals surface area contributed by atoms with Crippen molar-refractivity contribution in [2.24, 2.45) is 0 Å². The standard InChI is InChI=1S/C20H31N3O2/c1-22(19(24)9-4-6-16-10-12-21-13-11-16)17-7-5-8-18(20(17)25)23-14-2-3-15-23/h10-13,17-18,20,25H,2-9,14-15H2,1H3/t17-,18-,20-/m1/s1. The number of hydrogen-bond donors (Lipinski definition) is 1. The predicted molar refractivity (Wildman–Crippen MR) is 98.2 cm³/mol. The van der Waals surface area contributed by atoms with Crippen LogP contribution in [0.4, 0.5) is 0 Å². The van der Waals surface area contributed by atoms with Gasteiger partial charge in [-0.15, -0.1) is 0 Å². The van der Waals surface area contributed by atoms with Crippen LogP contribution in [0.3, 0.4) is 0 Å². The molecule has 0 radical (unpaired) electrons. The van der Waals surface area contributed by atoms with Crippen molar-refractivity contribution >= 4 is 5.91 Å². The number of pyridine rings is 1. The number of aliphatic hydroxyl groups excluding tert-OH is 1. The van der Waals surface area contributed by atoms with Crippen LogP contribution < -0.4 is 0 Å². The van der Waals surface area contributed by atoms with Crippen molar-refractivity contribution < 1.29 is 9.90 Å². The zero-order chi connectivity index (χ0) is 17.6. The summed E-state index contributed by atoms with van der Waals surface area (Å²) in [5.41, 5.74) is 1.22. The van der Waals surface area contributed by atoms with Crippen molar-refractivity contribution in [3.63, 3.8) is 0 Å². The van der Waals surface area contributed by atoms with Crippen LogP contribution >= 0.6 is 0 Å². The van der Waals surface area contributed by atoms with E-state index in [0.29, 0.717) is 6.42 Å². The molecule has 1 N–H and O–H groups in total. The van der Waals surface area contributed by atoms with Gasteiger partial charge in [0.1, 0.15) is 0 Å². The van der Waals surface area contributed by atoms with Gasteiger partial charge in [0.2, 0.25) is 5.91 Å². The first kappa shape index (κ1) is 18.3. The van der Waals surface area contributed by atoms with Crippen LogP contribution in [0.1, 0.15) is 50.5 Å². The molecule has 0 bridgehead atoms. The van der Waals surface area contributed by atoms with Gasteiger partial charge in [0.25, 0.3) is 0 Å². The number of carbonyl (C=O) groups excluding carboxylic acids is 1. The smallest absolute Gasteiger partial charge is 0.222 e. The van der Waals surface area contributed by atoms with Crippen molar-refractivity contribution in [2.45, 2.75) is 69.6 Å². The third kappa shape index (κ3) is 4.59. The minimum absolute atomic E-state index is 0.0345. The SMILES string of the molecule is CN(C(=O)CCCc1ccncc1)[C@@H]1CCC[C@@H](N2CCCC2)[C@@H]1O. The molecule has 1 aromatic heterocycles. The van der Waals surface area contributed by atoms with Gasteiger partial charge in [0.15, 0.2) is 0 Å². The molecular weight excluding hydrogens is 314 g/mol. The summed E-state index contributed by atoms with van der Waals surface area (Å²) in [6, 6.07) is 4.19. The Hall–Kier alpha value is -1.46. The molecule has 2 aliphatic rings. The Morgan fingerprint density at radius 3 is 2.68 bits per heavy atom. The van der Waals surface area contributed by atoms with Gasteiger partial charge in [-0.2, -0.15) is 0 Å². The van der Waals surface area contributed by atoms with Gasteiger partial charge >= 0.3 is 0 Å². The fraction of sp³-hybridized carbons (Fsp3) is 0.700. The molecule has 5 heteroatoms. The van der Waals surface area contributed by atoms with Crippen LogP contribution in [0.15, 0.2) is 24.5 Å². The van der Waals surface area contributed by atoms with Gasteiger partial charge in [-0.3, -0.25) is 14.7 Å². The number of aryl methyl sites for hydroxylation is 1. The number of rotatable bonds is 6. The number of hydrogen-bond acceptors (Lipinski definition) is 4. The normalized spacial score (nSPS) is 27.4. The molecule has 0 unspecified atom stereocenters. The quantitative estimate of drug-likeness (QED) is 0.859. The number of aliphatic hydroxyl groups is 1. The first-order valence-corrected chi connectivity index (χ1v) is 9.73. The summed E-state index contributed by atoms with van der Waals surface area (Å²) in [6.07, 6.45) is 11.0. The Labute approximate surface area is 151 Å².